The van der Waals surface area contributed by atoms with Gasteiger partial charge in [-0.05, 0) is 13.8 Å². The average Bonchev–Trinajstić information content (AvgIpc) is 1.84. The molecule has 0 saturated carbocycles. The molecule has 0 aromatic heterocycles. The summed E-state index contributed by atoms with van der Waals surface area (Å²) in [5.41, 5.74) is 0.986. The zero-order valence-corrected chi connectivity index (χ0v) is 6.20. The second-order valence-corrected chi connectivity index (χ2v) is 1.86. The van der Waals surface area contributed by atoms with E-state index in [2.05, 4.69) is 21.8 Å². The summed E-state index contributed by atoms with van der Waals surface area (Å²) in [4.78, 5) is 3.92. The van der Waals surface area contributed by atoms with Gasteiger partial charge in [0.1, 0.15) is 0 Å². The zero-order chi connectivity index (χ0) is 6.57. The van der Waals surface area contributed by atoms with Crippen molar-refractivity contribution in [3.63, 3.8) is 0 Å². The lowest BCUT2D eigenvalue weighted by Gasteiger charge is -1.98. The fraction of sp³-hybridized carbons (Fsp3) is 0.800. The van der Waals surface area contributed by atoms with E-state index in [1.807, 2.05) is 13.8 Å². The first-order chi connectivity index (χ1) is 3.72. The molecule has 1 unspecified atom stereocenters. The Morgan fingerprint density at radius 1 is 1.62 bits per heavy atom. The van der Waals surface area contributed by atoms with Gasteiger partial charge in [-0.15, -0.1) is 0 Å². The summed E-state index contributed by atoms with van der Waals surface area (Å²) >= 11 is 4.46. The fourth-order valence-corrected chi connectivity index (χ4v) is 0.416. The smallest absolute Gasteiger partial charge is 0.0975 e. The minimum atomic E-state index is 0.106. The van der Waals surface area contributed by atoms with Crippen molar-refractivity contribution < 1.29 is 0 Å². The standard InChI is InChI=1S/C5H10N2S/c1-4(6-3)5(2)7-8/h5H,1-3H3. The van der Waals surface area contributed by atoms with Crippen LogP contribution in [0, 0.1) is 0 Å². The van der Waals surface area contributed by atoms with Crippen LogP contribution in [0.3, 0.4) is 0 Å². The van der Waals surface area contributed by atoms with E-state index >= 15 is 0 Å². The maximum Gasteiger partial charge on any atom is 0.0975 e. The molecule has 0 saturated heterocycles. The SMILES string of the molecule is CN=C(C)C(C)N=S. The monoisotopic (exact) mass is 130 g/mol. The largest absolute Gasteiger partial charge is 0.295 e. The minimum absolute atomic E-state index is 0.106. The van der Waals surface area contributed by atoms with Crippen molar-refractivity contribution in [2.75, 3.05) is 7.05 Å². The molecular weight excluding hydrogens is 120 g/mol. The van der Waals surface area contributed by atoms with E-state index in [0.29, 0.717) is 0 Å². The molecule has 0 fully saturated rings. The lowest BCUT2D eigenvalue weighted by atomic mass is 10.2. The minimum Gasteiger partial charge on any atom is -0.295 e. The van der Waals surface area contributed by atoms with Gasteiger partial charge in [-0.25, -0.2) is 4.36 Å². The molecule has 0 heterocycles. The third kappa shape index (κ3) is 2.12. The zero-order valence-electron chi connectivity index (χ0n) is 5.38. The van der Waals surface area contributed by atoms with E-state index in [1.165, 1.54) is 0 Å². The Morgan fingerprint density at radius 2 is 2.12 bits per heavy atom. The number of nitrogens with zero attached hydrogens (tertiary/aromatic N) is 2. The molecule has 2 nitrogen and oxygen atoms in total. The van der Waals surface area contributed by atoms with Crippen LogP contribution >= 0.6 is 0 Å². The molecule has 0 N–H and O–H groups in total. The van der Waals surface area contributed by atoms with Crippen molar-refractivity contribution in [3.8, 4) is 0 Å². The van der Waals surface area contributed by atoms with Crippen molar-refractivity contribution in [2.45, 2.75) is 19.9 Å². The van der Waals surface area contributed by atoms with E-state index in [1.54, 1.807) is 7.05 Å². The molecule has 0 spiro atoms. The van der Waals surface area contributed by atoms with Gasteiger partial charge in [-0.3, -0.25) is 4.99 Å². The highest BCUT2D eigenvalue weighted by Gasteiger charge is 1.98. The summed E-state index contributed by atoms with van der Waals surface area (Å²) in [7, 11) is 1.74. The third-order valence-corrected chi connectivity index (χ3v) is 1.43. The Morgan fingerprint density at radius 3 is 2.25 bits per heavy atom. The molecule has 3 heteroatoms. The molecule has 8 heavy (non-hydrogen) atoms. The number of rotatable bonds is 2. The van der Waals surface area contributed by atoms with Crippen molar-refractivity contribution in [1.82, 2.24) is 0 Å². The lowest BCUT2D eigenvalue weighted by Crippen LogP contribution is -2.08. The summed E-state index contributed by atoms with van der Waals surface area (Å²) in [6.45, 7) is 3.84. The molecule has 0 rings (SSSR count). The normalized spacial score (nSPS) is 15.6. The Labute approximate surface area is 55.2 Å². The number of aliphatic imine (C=N–C) groups is 1. The maximum atomic E-state index is 4.46. The highest BCUT2D eigenvalue weighted by molar-refractivity contribution is 7.47. The van der Waals surface area contributed by atoms with Gasteiger partial charge in [0.05, 0.1) is 6.04 Å². The molecule has 0 aliphatic heterocycles. The van der Waals surface area contributed by atoms with Gasteiger partial charge < -0.3 is 0 Å². The first-order valence-electron chi connectivity index (χ1n) is 2.48. The van der Waals surface area contributed by atoms with Crippen LogP contribution in [0.5, 0.6) is 0 Å². The second-order valence-electron chi connectivity index (χ2n) is 1.65. The average molecular weight is 130 g/mol. The number of hydrogen-bond donors (Lipinski definition) is 0. The van der Waals surface area contributed by atoms with Crippen LogP contribution in [0.1, 0.15) is 13.8 Å². The topological polar surface area (TPSA) is 24.7 Å². The highest BCUT2D eigenvalue weighted by Crippen LogP contribution is 1.90. The third-order valence-electron chi connectivity index (χ3n) is 1.12. The first kappa shape index (κ1) is 7.69. The molecule has 0 aromatic carbocycles. The van der Waals surface area contributed by atoms with Crippen LogP contribution in [-0.4, -0.2) is 18.8 Å². The molecule has 46 valence electrons. The van der Waals surface area contributed by atoms with Crippen LogP contribution in [0.25, 0.3) is 0 Å². The Bertz CT molecular complexity index is 109. The van der Waals surface area contributed by atoms with E-state index in [9.17, 15) is 0 Å². The molecule has 0 radical (unpaired) electrons. The molecule has 0 aliphatic carbocycles. The highest BCUT2D eigenvalue weighted by atomic mass is 32.1. The molecule has 0 amide bonds. The van der Waals surface area contributed by atoms with Crippen LogP contribution in [0.15, 0.2) is 9.36 Å². The Balaban J connectivity index is 3.81. The van der Waals surface area contributed by atoms with Gasteiger partial charge in [-0.1, -0.05) is 0 Å². The maximum absolute atomic E-state index is 4.46. The van der Waals surface area contributed by atoms with E-state index in [4.69, 9.17) is 0 Å². The van der Waals surface area contributed by atoms with Gasteiger partial charge in [0.2, 0.25) is 0 Å². The van der Waals surface area contributed by atoms with Gasteiger partial charge in [0.15, 0.2) is 0 Å². The van der Waals surface area contributed by atoms with E-state index in [0.717, 1.165) is 5.71 Å². The van der Waals surface area contributed by atoms with E-state index in [-0.39, 0.29) is 6.04 Å². The van der Waals surface area contributed by atoms with Gasteiger partial charge in [-0.2, -0.15) is 0 Å². The lowest BCUT2D eigenvalue weighted by molar-refractivity contribution is 0.984. The Hall–Kier alpha value is -0.310. The molecule has 0 bridgehead atoms. The van der Waals surface area contributed by atoms with Crippen LogP contribution in [-0.2, 0) is 12.4 Å². The van der Waals surface area contributed by atoms with Crippen LogP contribution in [0.2, 0.25) is 0 Å². The molecule has 1 atom stereocenters. The fourth-order valence-electron chi connectivity index (χ4n) is 0.263. The molecular formula is C5H10N2S. The predicted octanol–water partition coefficient (Wildman–Crippen LogP) is 1.20. The summed E-state index contributed by atoms with van der Waals surface area (Å²) < 4.78 is 3.61. The summed E-state index contributed by atoms with van der Waals surface area (Å²) in [5, 5.41) is 0. The number of hydrogen-bond acceptors (Lipinski definition) is 3. The van der Waals surface area contributed by atoms with Gasteiger partial charge >= 0.3 is 0 Å². The predicted molar refractivity (Wildman–Crippen MR) is 38.3 cm³/mol. The second kappa shape index (κ2) is 3.66. The van der Waals surface area contributed by atoms with Crippen molar-refractivity contribution in [1.29, 1.82) is 0 Å². The summed E-state index contributed by atoms with van der Waals surface area (Å²) in [5.74, 6) is 0. The van der Waals surface area contributed by atoms with Gasteiger partial charge in [0, 0.05) is 25.2 Å². The van der Waals surface area contributed by atoms with Crippen molar-refractivity contribution in [3.05, 3.63) is 0 Å². The quantitative estimate of drug-likeness (QED) is 0.515. The summed E-state index contributed by atoms with van der Waals surface area (Å²) in [6, 6.07) is 0.106. The van der Waals surface area contributed by atoms with Gasteiger partial charge in [0.25, 0.3) is 0 Å². The van der Waals surface area contributed by atoms with E-state index < -0.39 is 0 Å². The summed E-state index contributed by atoms with van der Waals surface area (Å²) in [6.07, 6.45) is 0. The van der Waals surface area contributed by atoms with Crippen LogP contribution in [0.4, 0.5) is 0 Å². The Kier molecular flexibility index (Phi) is 3.52. The van der Waals surface area contributed by atoms with Crippen LogP contribution < -0.4 is 0 Å². The van der Waals surface area contributed by atoms with Crippen molar-refractivity contribution in [2.24, 2.45) is 9.36 Å². The molecule has 0 aromatic rings. The molecule has 0 aliphatic rings. The van der Waals surface area contributed by atoms with Crippen molar-refractivity contribution >= 4 is 18.1 Å². The first-order valence-corrected chi connectivity index (χ1v) is 2.84.